The highest BCUT2D eigenvalue weighted by molar-refractivity contribution is 5.69. The van der Waals surface area contributed by atoms with E-state index < -0.39 is 6.16 Å². The van der Waals surface area contributed by atoms with Gasteiger partial charge in [-0.1, -0.05) is 6.07 Å². The Bertz CT molecular complexity index is 444. The summed E-state index contributed by atoms with van der Waals surface area (Å²) in [4.78, 5) is 25.7. The normalized spacial score (nSPS) is 10.1. The average Bonchev–Trinajstić information content (AvgIpc) is 2.45. The number of pyridine rings is 1. The SMILES string of the molecule is Cc1ccc(CCCCC(=O)OCCCOC(=O)O)cn1. The molecule has 1 rings (SSSR count). The van der Waals surface area contributed by atoms with Crippen LogP contribution in [0.3, 0.4) is 0 Å². The molecule has 116 valence electrons. The molecule has 1 N–H and O–H groups in total. The summed E-state index contributed by atoms with van der Waals surface area (Å²) in [6.45, 7) is 2.18. The number of hydrogen-bond acceptors (Lipinski definition) is 5. The molecule has 21 heavy (non-hydrogen) atoms. The number of carboxylic acid groups (broad SMARTS) is 1. The van der Waals surface area contributed by atoms with Crippen molar-refractivity contribution >= 4 is 12.1 Å². The second-order valence-electron chi connectivity index (χ2n) is 4.70. The zero-order valence-corrected chi connectivity index (χ0v) is 12.2. The van der Waals surface area contributed by atoms with Gasteiger partial charge >= 0.3 is 12.1 Å². The second kappa shape index (κ2) is 9.74. The van der Waals surface area contributed by atoms with Crippen LogP contribution in [0.5, 0.6) is 0 Å². The third kappa shape index (κ3) is 8.62. The van der Waals surface area contributed by atoms with E-state index in [-0.39, 0.29) is 19.2 Å². The van der Waals surface area contributed by atoms with Gasteiger partial charge in [0.2, 0.25) is 0 Å². The topological polar surface area (TPSA) is 85.7 Å². The van der Waals surface area contributed by atoms with Crippen molar-refractivity contribution in [1.29, 1.82) is 0 Å². The highest BCUT2D eigenvalue weighted by Gasteiger charge is 2.03. The van der Waals surface area contributed by atoms with Crippen LogP contribution in [0.15, 0.2) is 18.3 Å². The molecule has 1 aromatic heterocycles. The lowest BCUT2D eigenvalue weighted by atomic mass is 10.1. The lowest BCUT2D eigenvalue weighted by molar-refractivity contribution is -0.144. The van der Waals surface area contributed by atoms with E-state index in [1.807, 2.05) is 25.3 Å². The Hall–Kier alpha value is -2.11. The fraction of sp³-hybridized carbons (Fsp3) is 0.533. The van der Waals surface area contributed by atoms with Crippen molar-refractivity contribution in [1.82, 2.24) is 4.98 Å². The molecule has 0 saturated carbocycles. The second-order valence-corrected chi connectivity index (χ2v) is 4.70. The molecule has 0 aliphatic heterocycles. The minimum Gasteiger partial charge on any atom is -0.466 e. The Morgan fingerprint density at radius 2 is 1.90 bits per heavy atom. The minimum absolute atomic E-state index is 0.0447. The Kier molecular flexibility index (Phi) is 7.86. The van der Waals surface area contributed by atoms with Crippen LogP contribution in [0, 0.1) is 6.92 Å². The van der Waals surface area contributed by atoms with E-state index in [2.05, 4.69) is 9.72 Å². The van der Waals surface area contributed by atoms with E-state index in [9.17, 15) is 9.59 Å². The summed E-state index contributed by atoms with van der Waals surface area (Å²) in [7, 11) is 0. The quantitative estimate of drug-likeness (QED) is 0.557. The number of unbranched alkanes of at least 4 members (excludes halogenated alkanes) is 1. The highest BCUT2D eigenvalue weighted by atomic mass is 16.7. The Morgan fingerprint density at radius 3 is 2.57 bits per heavy atom. The Balaban J connectivity index is 2.00. The molecule has 1 aromatic rings. The molecule has 0 unspecified atom stereocenters. The first kappa shape index (κ1) is 16.9. The maximum absolute atomic E-state index is 11.4. The molecular weight excluding hydrogens is 274 g/mol. The molecule has 0 radical (unpaired) electrons. The van der Waals surface area contributed by atoms with Crippen LogP contribution in [-0.4, -0.2) is 35.4 Å². The molecule has 0 aliphatic carbocycles. The van der Waals surface area contributed by atoms with Crippen molar-refractivity contribution in [3.8, 4) is 0 Å². The molecule has 1 heterocycles. The number of carbonyl (C=O) groups is 2. The molecule has 0 atom stereocenters. The summed E-state index contributed by atoms with van der Waals surface area (Å²) in [5.74, 6) is -0.257. The maximum atomic E-state index is 11.4. The van der Waals surface area contributed by atoms with Gasteiger partial charge in [-0.3, -0.25) is 9.78 Å². The van der Waals surface area contributed by atoms with E-state index in [4.69, 9.17) is 9.84 Å². The van der Waals surface area contributed by atoms with Gasteiger partial charge in [-0.15, -0.1) is 0 Å². The van der Waals surface area contributed by atoms with Crippen molar-refractivity contribution in [2.45, 2.75) is 39.0 Å². The van der Waals surface area contributed by atoms with Crippen molar-refractivity contribution < 1.29 is 24.2 Å². The van der Waals surface area contributed by atoms with Crippen molar-refractivity contribution in [3.05, 3.63) is 29.6 Å². The smallest absolute Gasteiger partial charge is 0.466 e. The van der Waals surface area contributed by atoms with E-state index in [1.54, 1.807) is 0 Å². The zero-order valence-electron chi connectivity index (χ0n) is 12.2. The minimum atomic E-state index is -1.31. The molecule has 6 heteroatoms. The van der Waals surface area contributed by atoms with Crippen LogP contribution in [0.4, 0.5) is 4.79 Å². The van der Waals surface area contributed by atoms with Crippen LogP contribution in [-0.2, 0) is 20.7 Å². The molecule has 0 fully saturated rings. The predicted molar refractivity (Wildman–Crippen MR) is 76.1 cm³/mol. The van der Waals surface area contributed by atoms with Gasteiger partial charge in [0.15, 0.2) is 0 Å². The van der Waals surface area contributed by atoms with Crippen LogP contribution in [0.25, 0.3) is 0 Å². The van der Waals surface area contributed by atoms with E-state index in [0.29, 0.717) is 12.8 Å². The largest absolute Gasteiger partial charge is 0.505 e. The van der Waals surface area contributed by atoms with Crippen LogP contribution >= 0.6 is 0 Å². The van der Waals surface area contributed by atoms with Gasteiger partial charge in [0.1, 0.15) is 0 Å². The van der Waals surface area contributed by atoms with Crippen molar-refractivity contribution in [2.24, 2.45) is 0 Å². The first-order valence-corrected chi connectivity index (χ1v) is 7.01. The number of esters is 1. The molecular formula is C15H21NO5. The fourth-order valence-corrected chi connectivity index (χ4v) is 1.72. The number of aromatic nitrogens is 1. The highest BCUT2D eigenvalue weighted by Crippen LogP contribution is 2.07. The summed E-state index contributed by atoms with van der Waals surface area (Å²) in [5.41, 5.74) is 2.16. The van der Waals surface area contributed by atoms with E-state index >= 15 is 0 Å². The Morgan fingerprint density at radius 1 is 1.14 bits per heavy atom. The molecule has 6 nitrogen and oxygen atoms in total. The molecule has 0 amide bonds. The fourth-order valence-electron chi connectivity index (χ4n) is 1.72. The number of nitrogens with zero attached hydrogens (tertiary/aromatic N) is 1. The lowest BCUT2D eigenvalue weighted by Crippen LogP contribution is -2.09. The molecule has 0 bridgehead atoms. The summed E-state index contributed by atoms with van der Waals surface area (Å²) in [6, 6.07) is 4.02. The number of carbonyl (C=O) groups excluding carboxylic acids is 1. The monoisotopic (exact) mass is 295 g/mol. The predicted octanol–water partition coefficient (Wildman–Crippen LogP) is 2.73. The number of rotatable bonds is 9. The first-order valence-electron chi connectivity index (χ1n) is 7.01. The van der Waals surface area contributed by atoms with Crippen LogP contribution < -0.4 is 0 Å². The first-order chi connectivity index (χ1) is 10.1. The average molecular weight is 295 g/mol. The molecule has 0 aromatic carbocycles. The van der Waals surface area contributed by atoms with E-state index in [0.717, 1.165) is 25.0 Å². The molecule has 0 spiro atoms. The van der Waals surface area contributed by atoms with Crippen LogP contribution in [0.1, 0.15) is 36.9 Å². The van der Waals surface area contributed by atoms with Gasteiger partial charge in [0.25, 0.3) is 0 Å². The summed E-state index contributed by atoms with van der Waals surface area (Å²) in [6.07, 6.45) is 3.86. The Labute approximate surface area is 124 Å². The van der Waals surface area contributed by atoms with Gasteiger partial charge < -0.3 is 14.6 Å². The van der Waals surface area contributed by atoms with Gasteiger partial charge in [0.05, 0.1) is 13.2 Å². The number of ether oxygens (including phenoxy) is 2. The molecule has 0 saturated heterocycles. The van der Waals surface area contributed by atoms with Crippen LogP contribution in [0.2, 0.25) is 0 Å². The van der Waals surface area contributed by atoms with Gasteiger partial charge in [-0.2, -0.15) is 0 Å². The van der Waals surface area contributed by atoms with Gasteiger partial charge in [-0.25, -0.2) is 4.79 Å². The molecule has 0 aliphatic rings. The van der Waals surface area contributed by atoms with E-state index in [1.165, 1.54) is 5.56 Å². The van der Waals surface area contributed by atoms with Gasteiger partial charge in [-0.05, 0) is 37.8 Å². The maximum Gasteiger partial charge on any atom is 0.505 e. The van der Waals surface area contributed by atoms with Crippen molar-refractivity contribution in [3.63, 3.8) is 0 Å². The standard InChI is InChI=1S/C15H21NO5/c1-12-7-8-13(11-16-12)5-2-3-6-14(17)20-9-4-10-21-15(18)19/h7-8,11H,2-6,9-10H2,1H3,(H,18,19). The lowest BCUT2D eigenvalue weighted by Gasteiger charge is -2.05. The van der Waals surface area contributed by atoms with Gasteiger partial charge in [0, 0.05) is 24.7 Å². The van der Waals surface area contributed by atoms with Crippen molar-refractivity contribution in [2.75, 3.05) is 13.2 Å². The third-order valence-corrected chi connectivity index (χ3v) is 2.85. The number of aryl methyl sites for hydroxylation is 2. The summed E-state index contributed by atoms with van der Waals surface area (Å²) in [5, 5.41) is 8.24. The summed E-state index contributed by atoms with van der Waals surface area (Å²) < 4.78 is 9.27. The summed E-state index contributed by atoms with van der Waals surface area (Å²) >= 11 is 0. The zero-order chi connectivity index (χ0) is 15.5. The number of hydrogen-bond donors (Lipinski definition) is 1. The third-order valence-electron chi connectivity index (χ3n) is 2.85.